The number of hydrogen-bond donors (Lipinski definition) is 0. The Hall–Kier alpha value is -11.6. The molecular formula is C87H54N4O3S4. The fourth-order valence-corrected chi connectivity index (χ4v) is 17.8. The number of benzene rings is 5. The third kappa shape index (κ3) is 10.9. The minimum absolute atomic E-state index is 0.727. The predicted octanol–water partition coefficient (Wildman–Crippen LogP) is 25.0. The number of hydrogen-bond acceptors (Lipinski definition) is 11. The molecule has 11 heteroatoms. The van der Waals surface area contributed by atoms with E-state index in [4.69, 9.17) is 33.2 Å². The van der Waals surface area contributed by atoms with Crippen molar-refractivity contribution < 1.29 is 13.3 Å². The third-order valence-electron chi connectivity index (χ3n) is 18.0. The van der Waals surface area contributed by atoms with Gasteiger partial charge in [0.15, 0.2) is 0 Å². The van der Waals surface area contributed by atoms with Gasteiger partial charge in [0, 0.05) is 76.5 Å². The summed E-state index contributed by atoms with van der Waals surface area (Å²) in [6.45, 7) is 6.41. The molecule has 0 atom stereocenters. The van der Waals surface area contributed by atoms with Crippen LogP contribution in [0, 0.1) is 32.6 Å². The van der Waals surface area contributed by atoms with Crippen molar-refractivity contribution in [2.75, 3.05) is 0 Å². The van der Waals surface area contributed by atoms with Gasteiger partial charge >= 0.3 is 0 Å². The van der Waals surface area contributed by atoms with Crippen LogP contribution in [-0.2, 0) is 0 Å². The van der Waals surface area contributed by atoms with Crippen LogP contribution in [-0.4, -0.2) is 19.9 Å². The summed E-state index contributed by atoms with van der Waals surface area (Å²) in [5.41, 5.74) is 25.7. The summed E-state index contributed by atoms with van der Waals surface area (Å²) in [5, 5.41) is 0. The maximum Gasteiger partial charge on any atom is 0.137 e. The maximum atomic E-state index is 6.18. The van der Waals surface area contributed by atoms with Gasteiger partial charge in [0.1, 0.15) is 17.3 Å². The van der Waals surface area contributed by atoms with E-state index in [0.717, 1.165) is 184 Å². The Balaban J connectivity index is 0.763. The first-order valence-corrected chi connectivity index (χ1v) is 35.5. The van der Waals surface area contributed by atoms with Crippen LogP contribution in [0.2, 0.25) is 0 Å². The Morgan fingerprint density at radius 3 is 0.653 bits per heavy atom. The lowest BCUT2D eigenvalue weighted by molar-refractivity contribution is 0.582. The van der Waals surface area contributed by atoms with Gasteiger partial charge in [-0.05, 0) is 206 Å². The first-order chi connectivity index (χ1) is 48.2. The molecule has 14 aromatic rings. The predicted molar refractivity (Wildman–Crippen MR) is 412 cm³/mol. The van der Waals surface area contributed by atoms with Gasteiger partial charge in [0.25, 0.3) is 0 Å². The van der Waals surface area contributed by atoms with Crippen LogP contribution in [0.5, 0.6) is 0 Å². The Morgan fingerprint density at radius 2 is 0.439 bits per heavy atom. The van der Waals surface area contributed by atoms with Gasteiger partial charge in [0.05, 0.1) is 81.0 Å². The van der Waals surface area contributed by atoms with Gasteiger partial charge in [-0.3, -0.25) is 0 Å². The van der Waals surface area contributed by atoms with E-state index in [1.54, 1.807) is 64.1 Å². The number of thiophene rings is 4. The van der Waals surface area contributed by atoms with E-state index >= 15 is 0 Å². The van der Waals surface area contributed by atoms with Crippen LogP contribution in [0.3, 0.4) is 0 Å². The second kappa shape index (κ2) is 24.5. The molecule has 4 aliphatic rings. The van der Waals surface area contributed by atoms with E-state index < -0.39 is 0 Å². The highest BCUT2D eigenvalue weighted by molar-refractivity contribution is 7.25. The van der Waals surface area contributed by atoms with Crippen molar-refractivity contribution >= 4 is 132 Å². The number of rotatable bonds is 8. The molecule has 0 radical (unpaired) electrons. The van der Waals surface area contributed by atoms with Crippen molar-refractivity contribution in [3.63, 3.8) is 0 Å². The average molecular weight is 1330 g/mol. The second-order valence-corrected chi connectivity index (χ2v) is 28.8. The standard InChI is InChI=1S/C87H54N4O3S4/c1-51-10-22-56(23-11-51)80-61-32-33-62(88-61)81(57-24-12-52(2)13-25-57)74-42-43-75(96-74)83(64-35-34-63(89-64)82(73-41-40-72(80)95-73)58-26-14-53(3)15-27-58)59-28-18-54(19-29-59)16-17-55-20-30-60(31-21-55)84-65-36-37-66(90-65)85(69-7-4-48-92-69)78-46-47-79(98-78)87(71-9-6-50-94-71)68-39-38-67(91-68)86(70-8-5-49-93-70)77-45-44-76(84)97-77/h4-15,18-50H,1-3H3. The monoisotopic (exact) mass is 1330 g/mol. The smallest absolute Gasteiger partial charge is 0.137 e. The van der Waals surface area contributed by atoms with Gasteiger partial charge in [-0.2, -0.15) is 0 Å². The highest BCUT2D eigenvalue weighted by Crippen LogP contribution is 2.47. The fraction of sp³-hybridized carbons (Fsp3) is 0.0345. The van der Waals surface area contributed by atoms with Crippen LogP contribution < -0.4 is 0 Å². The number of nitrogens with zero attached hydrogens (tertiary/aromatic N) is 4. The van der Waals surface area contributed by atoms with Gasteiger partial charge < -0.3 is 13.3 Å². The van der Waals surface area contributed by atoms with Crippen molar-refractivity contribution in [1.82, 2.24) is 19.9 Å². The quantitative estimate of drug-likeness (QED) is 0.140. The van der Waals surface area contributed by atoms with E-state index in [1.165, 1.54) is 16.7 Å². The molecule has 4 aliphatic heterocycles. The van der Waals surface area contributed by atoms with Crippen LogP contribution in [0.25, 0.3) is 176 Å². The van der Waals surface area contributed by atoms with E-state index in [9.17, 15) is 0 Å². The first kappa shape index (κ1) is 58.9. The zero-order valence-electron chi connectivity index (χ0n) is 53.1. The van der Waals surface area contributed by atoms with Crippen molar-refractivity contribution in [2.45, 2.75) is 20.8 Å². The molecule has 98 heavy (non-hydrogen) atoms. The Kier molecular flexibility index (Phi) is 14.8. The van der Waals surface area contributed by atoms with Crippen molar-refractivity contribution in [3.8, 4) is 101 Å². The van der Waals surface area contributed by atoms with Crippen molar-refractivity contribution in [2.24, 2.45) is 0 Å². The van der Waals surface area contributed by atoms with E-state index in [1.807, 2.05) is 36.4 Å². The Bertz CT molecular complexity index is 6010. The van der Waals surface area contributed by atoms with E-state index in [-0.39, 0.29) is 0 Å². The maximum absolute atomic E-state index is 6.18. The first-order valence-electron chi connectivity index (χ1n) is 32.2. The molecule has 0 fully saturated rings. The summed E-state index contributed by atoms with van der Waals surface area (Å²) in [6, 6.07) is 73.0. The lowest BCUT2D eigenvalue weighted by Crippen LogP contribution is -1.87. The molecule has 0 spiro atoms. The summed E-state index contributed by atoms with van der Waals surface area (Å²) in [4.78, 5) is 22.0. The van der Waals surface area contributed by atoms with Gasteiger partial charge in [-0.15, -0.1) is 45.3 Å². The largest absolute Gasteiger partial charge is 0.464 e. The number of aromatic nitrogens is 4. The molecule has 0 saturated carbocycles. The topological polar surface area (TPSA) is 91.0 Å². The van der Waals surface area contributed by atoms with Crippen molar-refractivity contribution in [3.05, 3.63) is 298 Å². The summed E-state index contributed by atoms with van der Waals surface area (Å²) < 4.78 is 27.0. The van der Waals surface area contributed by atoms with Gasteiger partial charge in [-0.1, -0.05) is 126 Å². The molecule has 0 amide bonds. The normalized spacial score (nSPS) is 12.2. The van der Waals surface area contributed by atoms with Crippen LogP contribution in [0.1, 0.15) is 73.4 Å². The molecule has 5 aromatic carbocycles. The fourth-order valence-electron chi connectivity index (χ4n) is 13.2. The highest BCUT2D eigenvalue weighted by atomic mass is 32.1. The van der Waals surface area contributed by atoms with Gasteiger partial charge in [0.2, 0.25) is 0 Å². The molecule has 7 nitrogen and oxygen atoms in total. The zero-order valence-corrected chi connectivity index (χ0v) is 56.4. The zero-order chi connectivity index (χ0) is 65.4. The Morgan fingerprint density at radius 1 is 0.235 bits per heavy atom. The minimum atomic E-state index is 0.727. The molecule has 0 saturated heterocycles. The average Bonchev–Trinajstić information content (AvgIpc) is 1.62. The molecule has 0 aliphatic carbocycles. The number of aryl methyl sites for hydroxylation is 3. The number of furan rings is 3. The molecule has 464 valence electrons. The molecule has 0 unspecified atom stereocenters. The summed E-state index contributed by atoms with van der Waals surface area (Å²) in [6.07, 6.45) is 22.3. The minimum Gasteiger partial charge on any atom is -0.464 e. The van der Waals surface area contributed by atoms with E-state index in [2.05, 4.69) is 251 Å². The molecule has 13 heterocycles. The molecule has 0 N–H and O–H groups in total. The van der Waals surface area contributed by atoms with Crippen LogP contribution in [0.15, 0.2) is 238 Å². The highest BCUT2D eigenvalue weighted by Gasteiger charge is 2.24. The molecule has 9 aromatic heterocycles. The second-order valence-electron chi connectivity index (χ2n) is 24.5. The van der Waals surface area contributed by atoms with Crippen LogP contribution >= 0.6 is 45.3 Å². The van der Waals surface area contributed by atoms with Crippen molar-refractivity contribution in [1.29, 1.82) is 0 Å². The van der Waals surface area contributed by atoms with E-state index in [0.29, 0.717) is 0 Å². The number of fused-ring (bicyclic) bond motifs is 16. The van der Waals surface area contributed by atoms with Gasteiger partial charge in [-0.25, -0.2) is 19.9 Å². The SMILES string of the molecule is Cc1ccc(-c2c3nc(c(-c4ccc(C)cc4)c4ccc(s4)c(-c4ccc(C#Cc5ccc(-c6c7nc(c(-c8ccco8)c8ccc(s8)c(-c8ccco8)c8nc(c(-c9ccco9)c9ccc6s9)C=C8)C=C7)cc5)cc4)c4nc(c(-c5ccc(C)cc5)c5ccc2s5)C=C4)C=C3)cc1. The lowest BCUT2D eigenvalue weighted by atomic mass is 10.0. The summed E-state index contributed by atoms with van der Waals surface area (Å²) in [7, 11) is 0. The Labute approximate surface area is 581 Å². The summed E-state index contributed by atoms with van der Waals surface area (Å²) >= 11 is 6.89. The lowest BCUT2D eigenvalue weighted by Gasteiger charge is -2.07. The third-order valence-corrected chi connectivity index (χ3v) is 22.5. The molecular weight excluding hydrogens is 1280 g/mol. The molecule has 18 rings (SSSR count). The molecule has 16 bridgehead atoms. The van der Waals surface area contributed by atoms with Crippen LogP contribution in [0.4, 0.5) is 0 Å². The summed E-state index contributed by atoms with van der Waals surface area (Å²) in [5.74, 6) is 9.22.